The van der Waals surface area contributed by atoms with E-state index >= 15 is 0 Å². The van der Waals surface area contributed by atoms with Crippen LogP contribution in [0.2, 0.25) is 0 Å². The highest BCUT2D eigenvalue weighted by molar-refractivity contribution is 5.93. The summed E-state index contributed by atoms with van der Waals surface area (Å²) < 4.78 is 1.48. The molecule has 0 bridgehead atoms. The Kier molecular flexibility index (Phi) is 5.66. The smallest absolute Gasteiger partial charge is 0.276 e. The van der Waals surface area contributed by atoms with Gasteiger partial charge in [-0.05, 0) is 44.2 Å². The van der Waals surface area contributed by atoms with Crippen molar-refractivity contribution in [3.8, 4) is 5.69 Å². The largest absolute Gasteiger partial charge is 0.337 e. The first-order valence-electron chi connectivity index (χ1n) is 9.16. The predicted molar refractivity (Wildman–Crippen MR) is 105 cm³/mol. The molecule has 2 aliphatic rings. The summed E-state index contributed by atoms with van der Waals surface area (Å²) in [6, 6.07) is 6.15. The molecule has 0 saturated carbocycles. The van der Waals surface area contributed by atoms with Crippen molar-refractivity contribution in [3.63, 3.8) is 0 Å². The Balaban J connectivity index is 0.00000225. The number of piperidine rings is 1. The summed E-state index contributed by atoms with van der Waals surface area (Å²) in [5, 5.41) is 22.5. The summed E-state index contributed by atoms with van der Waals surface area (Å²) in [7, 11) is 0. The summed E-state index contributed by atoms with van der Waals surface area (Å²) in [6.07, 6.45) is 3.19. The van der Waals surface area contributed by atoms with Crippen LogP contribution < -0.4 is 5.32 Å². The first-order chi connectivity index (χ1) is 13.0. The van der Waals surface area contributed by atoms with Gasteiger partial charge in [-0.25, -0.2) is 4.68 Å². The van der Waals surface area contributed by atoms with Gasteiger partial charge in [0.05, 0.1) is 16.3 Å². The SMILES string of the molecule is Cc1c(C(=O)N2CCC3(CCNC3)CC2)nnn1-c1cccc([N+](=O)[O-])c1.Cl. The summed E-state index contributed by atoms with van der Waals surface area (Å²) in [5.74, 6) is -0.120. The van der Waals surface area contributed by atoms with Gasteiger partial charge in [-0.3, -0.25) is 14.9 Å². The van der Waals surface area contributed by atoms with Crippen molar-refractivity contribution in [3.05, 3.63) is 45.8 Å². The number of carbonyl (C=O) groups is 1. The van der Waals surface area contributed by atoms with Crippen LogP contribution in [-0.2, 0) is 0 Å². The Bertz CT molecular complexity index is 883. The Hall–Kier alpha value is -2.52. The van der Waals surface area contributed by atoms with E-state index in [1.165, 1.54) is 23.2 Å². The van der Waals surface area contributed by atoms with Crippen molar-refractivity contribution < 1.29 is 9.72 Å². The molecule has 1 spiro atoms. The van der Waals surface area contributed by atoms with Crippen molar-refractivity contribution in [2.45, 2.75) is 26.2 Å². The first-order valence-corrected chi connectivity index (χ1v) is 9.16. The zero-order valence-corrected chi connectivity index (χ0v) is 16.4. The minimum Gasteiger partial charge on any atom is -0.337 e. The third-order valence-electron chi connectivity index (χ3n) is 5.83. The lowest BCUT2D eigenvalue weighted by atomic mass is 9.78. The average molecular weight is 407 g/mol. The third-order valence-corrected chi connectivity index (χ3v) is 5.83. The van der Waals surface area contributed by atoms with Gasteiger partial charge in [-0.2, -0.15) is 0 Å². The lowest BCUT2D eigenvalue weighted by Crippen LogP contribution is -2.44. The van der Waals surface area contributed by atoms with Gasteiger partial charge in [0.25, 0.3) is 11.6 Å². The van der Waals surface area contributed by atoms with Crippen molar-refractivity contribution in [1.29, 1.82) is 0 Å². The molecule has 0 aliphatic carbocycles. The minimum atomic E-state index is -0.455. The van der Waals surface area contributed by atoms with Crippen molar-refractivity contribution in [2.75, 3.05) is 26.2 Å². The fourth-order valence-electron chi connectivity index (χ4n) is 4.07. The lowest BCUT2D eigenvalue weighted by Gasteiger charge is -2.38. The molecule has 10 heteroatoms. The Morgan fingerprint density at radius 2 is 2.04 bits per heavy atom. The summed E-state index contributed by atoms with van der Waals surface area (Å²) in [6.45, 7) is 5.31. The predicted octanol–water partition coefficient (Wildman–Crippen LogP) is 2.12. The van der Waals surface area contributed by atoms with Gasteiger partial charge in [0, 0.05) is 31.8 Å². The molecule has 1 aromatic heterocycles. The van der Waals surface area contributed by atoms with Gasteiger partial charge in [-0.1, -0.05) is 11.3 Å². The lowest BCUT2D eigenvalue weighted by molar-refractivity contribution is -0.384. The van der Waals surface area contributed by atoms with E-state index in [1.54, 1.807) is 19.1 Å². The van der Waals surface area contributed by atoms with Crippen molar-refractivity contribution >= 4 is 24.0 Å². The highest BCUT2D eigenvalue weighted by Crippen LogP contribution is 2.37. The number of nitrogens with one attached hydrogen (secondary N) is 1. The number of rotatable bonds is 3. The van der Waals surface area contributed by atoms with E-state index in [0.29, 0.717) is 22.5 Å². The molecule has 9 nitrogen and oxygen atoms in total. The van der Waals surface area contributed by atoms with Crippen LogP contribution >= 0.6 is 12.4 Å². The highest BCUT2D eigenvalue weighted by atomic mass is 35.5. The van der Waals surface area contributed by atoms with E-state index in [2.05, 4.69) is 15.6 Å². The van der Waals surface area contributed by atoms with E-state index in [1.807, 2.05) is 4.90 Å². The maximum atomic E-state index is 12.9. The second-order valence-electron chi connectivity index (χ2n) is 7.43. The van der Waals surface area contributed by atoms with E-state index < -0.39 is 4.92 Å². The topological polar surface area (TPSA) is 106 Å². The monoisotopic (exact) mass is 406 g/mol. The number of nitro groups is 1. The van der Waals surface area contributed by atoms with Crippen molar-refractivity contribution in [2.24, 2.45) is 5.41 Å². The summed E-state index contributed by atoms with van der Waals surface area (Å²) in [4.78, 5) is 25.3. The number of non-ortho nitro benzene ring substituents is 1. The zero-order valence-electron chi connectivity index (χ0n) is 15.6. The third kappa shape index (κ3) is 3.59. The normalized spacial score (nSPS) is 18.1. The van der Waals surface area contributed by atoms with Crippen LogP contribution in [0.3, 0.4) is 0 Å². The number of hydrogen-bond donors (Lipinski definition) is 1. The molecular weight excluding hydrogens is 384 g/mol. The van der Waals surface area contributed by atoms with E-state index in [4.69, 9.17) is 0 Å². The molecule has 0 atom stereocenters. The van der Waals surface area contributed by atoms with Crippen LogP contribution in [0.4, 0.5) is 5.69 Å². The number of likely N-dealkylation sites (tertiary alicyclic amines) is 1. The van der Waals surface area contributed by atoms with Gasteiger partial charge >= 0.3 is 0 Å². The number of hydrogen-bond acceptors (Lipinski definition) is 6. The molecule has 2 aliphatic heterocycles. The maximum absolute atomic E-state index is 12.9. The minimum absolute atomic E-state index is 0. The molecule has 3 heterocycles. The van der Waals surface area contributed by atoms with Gasteiger partial charge in [0.2, 0.25) is 0 Å². The Morgan fingerprint density at radius 1 is 1.29 bits per heavy atom. The van der Waals surface area contributed by atoms with Gasteiger partial charge < -0.3 is 10.2 Å². The second kappa shape index (κ2) is 7.84. The second-order valence-corrected chi connectivity index (χ2v) is 7.43. The van der Waals surface area contributed by atoms with E-state index in [0.717, 1.165) is 39.0 Å². The molecule has 2 fully saturated rings. The Morgan fingerprint density at radius 3 is 2.68 bits per heavy atom. The molecular formula is C18H23ClN6O3. The van der Waals surface area contributed by atoms with Crippen LogP contribution in [-0.4, -0.2) is 56.9 Å². The van der Waals surface area contributed by atoms with Gasteiger partial charge in [0.15, 0.2) is 5.69 Å². The fraction of sp³-hybridized carbons (Fsp3) is 0.500. The van der Waals surface area contributed by atoms with Crippen LogP contribution in [0.15, 0.2) is 24.3 Å². The molecule has 0 radical (unpaired) electrons. The summed E-state index contributed by atoms with van der Waals surface area (Å²) in [5.41, 5.74) is 1.72. The van der Waals surface area contributed by atoms with Crippen LogP contribution in [0.5, 0.6) is 0 Å². The summed E-state index contributed by atoms with van der Waals surface area (Å²) >= 11 is 0. The molecule has 0 unspecified atom stereocenters. The maximum Gasteiger partial charge on any atom is 0.276 e. The fourth-order valence-corrected chi connectivity index (χ4v) is 4.07. The average Bonchev–Trinajstić information content (AvgIpc) is 3.29. The van der Waals surface area contributed by atoms with E-state index in [-0.39, 0.29) is 24.0 Å². The zero-order chi connectivity index (χ0) is 19.0. The van der Waals surface area contributed by atoms with Gasteiger partial charge in [-0.15, -0.1) is 17.5 Å². The number of amides is 1. The number of benzene rings is 1. The molecule has 2 saturated heterocycles. The number of nitro benzene ring substituents is 1. The highest BCUT2D eigenvalue weighted by Gasteiger charge is 2.38. The molecule has 1 amide bonds. The van der Waals surface area contributed by atoms with Crippen LogP contribution in [0.1, 0.15) is 35.4 Å². The molecule has 2 aromatic rings. The molecule has 28 heavy (non-hydrogen) atoms. The molecule has 1 aromatic carbocycles. The molecule has 1 N–H and O–H groups in total. The van der Waals surface area contributed by atoms with Gasteiger partial charge in [0.1, 0.15) is 0 Å². The van der Waals surface area contributed by atoms with Crippen LogP contribution in [0, 0.1) is 22.5 Å². The number of nitrogens with zero attached hydrogens (tertiary/aromatic N) is 5. The van der Waals surface area contributed by atoms with Crippen molar-refractivity contribution in [1.82, 2.24) is 25.2 Å². The Labute approximate surface area is 168 Å². The number of carbonyl (C=O) groups excluding carboxylic acids is 1. The number of halogens is 1. The number of aromatic nitrogens is 3. The molecule has 150 valence electrons. The molecule has 4 rings (SSSR count). The quantitative estimate of drug-likeness (QED) is 0.618. The standard InChI is InChI=1S/C18H22N6O3.ClH/c1-13-16(17(25)22-9-6-18(7-10-22)5-8-19-12-18)20-21-23(13)14-3-2-4-15(11-14)24(26)27;/h2-4,11,19H,5-10,12H2,1H3;1H. The first kappa shape index (κ1) is 20.2. The van der Waals surface area contributed by atoms with Crippen LogP contribution in [0.25, 0.3) is 5.69 Å². The van der Waals surface area contributed by atoms with E-state index in [9.17, 15) is 14.9 Å².